The van der Waals surface area contributed by atoms with Crippen molar-refractivity contribution in [3.8, 4) is 0 Å². The Morgan fingerprint density at radius 3 is 1.12 bits per heavy atom. The van der Waals surface area contributed by atoms with Gasteiger partial charge in [-0.25, -0.2) is 0 Å². The molecule has 16 rings (SSSR count). The maximum absolute atomic E-state index is 12.9. The third kappa shape index (κ3) is 7.47. The summed E-state index contributed by atoms with van der Waals surface area (Å²) in [5.74, 6) is 0.593. The lowest BCUT2D eigenvalue weighted by Crippen LogP contribution is -2.21. The summed E-state index contributed by atoms with van der Waals surface area (Å²) < 4.78 is 0. The van der Waals surface area contributed by atoms with E-state index in [-0.39, 0.29) is 46.3 Å². The fourth-order valence-corrected chi connectivity index (χ4v) is 15.8. The van der Waals surface area contributed by atoms with Crippen LogP contribution in [-0.2, 0) is 28.8 Å². The second-order valence-electron chi connectivity index (χ2n) is 23.8. The normalized spacial score (nSPS) is 23.3. The van der Waals surface area contributed by atoms with Crippen LogP contribution >= 0.6 is 0 Å². The Morgan fingerprint density at radius 2 is 0.667 bits per heavy atom. The second-order valence-corrected chi connectivity index (χ2v) is 23.8. The van der Waals surface area contributed by atoms with Crippen molar-refractivity contribution in [3.63, 3.8) is 0 Å². The van der Waals surface area contributed by atoms with Gasteiger partial charge in [0.05, 0.1) is 0 Å². The Bertz CT molecular complexity index is 4110. The summed E-state index contributed by atoms with van der Waals surface area (Å²) in [7, 11) is 0. The lowest BCUT2D eigenvalue weighted by atomic mass is 9.83. The number of hydrogen-bond donors (Lipinski definition) is 0. The van der Waals surface area contributed by atoms with Crippen molar-refractivity contribution in [2.24, 2.45) is 0 Å². The van der Waals surface area contributed by atoms with Crippen molar-refractivity contribution < 1.29 is 38.4 Å². The van der Waals surface area contributed by atoms with Crippen LogP contribution in [0.5, 0.6) is 0 Å². The molecule has 8 nitrogen and oxygen atoms in total. The summed E-state index contributed by atoms with van der Waals surface area (Å²) in [6.07, 6.45) is 23.8. The first-order valence-corrected chi connectivity index (χ1v) is 29.3. The third-order valence-corrected chi connectivity index (χ3v) is 19.6. The number of carbonyl (C=O) groups is 8. The molecule has 1 aromatic carbocycles. The molecule has 0 bridgehead atoms. The van der Waals surface area contributed by atoms with Gasteiger partial charge in [0.25, 0.3) is 0 Å². The zero-order valence-electron chi connectivity index (χ0n) is 47.6. The topological polar surface area (TPSA) is 137 Å². The molecule has 0 amide bonds. The molecule has 1 aromatic rings. The summed E-state index contributed by atoms with van der Waals surface area (Å²) in [6, 6.07) is 7.19. The van der Waals surface area contributed by atoms with Gasteiger partial charge in [0.15, 0.2) is 46.3 Å². The van der Waals surface area contributed by atoms with Gasteiger partial charge >= 0.3 is 0 Å². The van der Waals surface area contributed by atoms with Gasteiger partial charge in [0.1, 0.15) is 0 Å². The number of benzene rings is 1. The van der Waals surface area contributed by atoms with Crippen LogP contribution in [0.2, 0.25) is 0 Å². The lowest BCUT2D eigenvalue weighted by molar-refractivity contribution is -0.116. The van der Waals surface area contributed by atoms with Crippen molar-refractivity contribution in [1.82, 2.24) is 0 Å². The van der Waals surface area contributed by atoms with E-state index in [1.54, 1.807) is 12.1 Å². The molecule has 0 fully saturated rings. The smallest absolute Gasteiger partial charge is 0.194 e. The SMILES string of the molecule is CCC1=C2CC3=C(C(=O)C4=C(C=CC4)C3=O)C2=C(C)C1.CCC1=C2CC3=C(C(=O)C4=C(CC=C4)C3=O)C2=C(C)C1.CCC1=C2CC3=C(C(=O)C4=CCC=C4C3=O)C2=C(C)C1.CCC1=C2CC3=C(C(=O)c4ccccc4C3=O)C2=C(C)C1. The fourth-order valence-electron chi connectivity index (χ4n) is 15.8. The average Bonchev–Trinajstić information content (AvgIpc) is 4.28. The largest absolute Gasteiger partial charge is 0.289 e. The molecule has 0 N–H and O–H groups in total. The van der Waals surface area contributed by atoms with Gasteiger partial charge in [-0.3, -0.25) is 38.4 Å². The molecule has 0 spiro atoms. The molecule has 0 saturated heterocycles. The Labute approximate surface area is 473 Å². The number of ketones is 8. The molecule has 0 atom stereocenters. The van der Waals surface area contributed by atoms with Gasteiger partial charge in [-0.1, -0.05) is 133 Å². The molecule has 0 radical (unpaired) electrons. The molecule has 0 aliphatic heterocycles. The average molecular weight is 1070 g/mol. The Morgan fingerprint density at radius 1 is 0.321 bits per heavy atom. The van der Waals surface area contributed by atoms with E-state index < -0.39 is 0 Å². The van der Waals surface area contributed by atoms with Crippen LogP contribution in [0.1, 0.15) is 172 Å². The van der Waals surface area contributed by atoms with E-state index in [2.05, 4.69) is 55.4 Å². The molecule has 15 aliphatic carbocycles. The Balaban J connectivity index is 0.000000102. The predicted molar refractivity (Wildman–Crippen MR) is 313 cm³/mol. The molecular weight excluding hydrogens is 1000 g/mol. The van der Waals surface area contributed by atoms with Gasteiger partial charge in [-0.05, 0) is 143 Å². The third-order valence-electron chi connectivity index (χ3n) is 19.6. The summed E-state index contributed by atoms with van der Waals surface area (Å²) in [4.78, 5) is 102. The number of hydrogen-bond acceptors (Lipinski definition) is 8. The minimum absolute atomic E-state index is 0.0295. The molecule has 0 saturated carbocycles. The van der Waals surface area contributed by atoms with Crippen LogP contribution in [0.15, 0.2) is 228 Å². The lowest BCUT2D eigenvalue weighted by Gasteiger charge is -2.17. The van der Waals surface area contributed by atoms with Gasteiger partial charge in [-0.2, -0.15) is 0 Å². The maximum Gasteiger partial charge on any atom is 0.194 e. The van der Waals surface area contributed by atoms with Gasteiger partial charge in [0, 0.05) is 115 Å². The van der Waals surface area contributed by atoms with E-state index in [1.165, 1.54) is 66.9 Å². The van der Waals surface area contributed by atoms with Crippen molar-refractivity contribution in [1.29, 1.82) is 0 Å². The summed E-state index contributed by atoms with van der Waals surface area (Å²) >= 11 is 0. The highest BCUT2D eigenvalue weighted by Crippen LogP contribution is 2.55. The van der Waals surface area contributed by atoms with Crippen LogP contribution in [0.3, 0.4) is 0 Å². The minimum atomic E-state index is 0.0295. The molecule has 15 aliphatic rings. The van der Waals surface area contributed by atoms with Gasteiger partial charge in [0.2, 0.25) is 0 Å². The van der Waals surface area contributed by atoms with Crippen molar-refractivity contribution in [3.05, 3.63) is 239 Å². The fraction of sp³-hybridized carbons (Fsp3) is 0.315. The van der Waals surface area contributed by atoms with Crippen molar-refractivity contribution >= 4 is 46.3 Å². The molecule has 0 heterocycles. The number of carbonyl (C=O) groups excluding carboxylic acids is 8. The number of Topliss-reactive ketones (excluding diaryl/α,β-unsaturated/α-hetero) is 8. The van der Waals surface area contributed by atoms with Crippen LogP contribution < -0.4 is 0 Å². The van der Waals surface area contributed by atoms with E-state index in [9.17, 15) is 38.4 Å². The predicted octanol–water partition coefficient (Wildman–Crippen LogP) is 14.8. The molecular formula is C73H64O8. The highest BCUT2D eigenvalue weighted by molar-refractivity contribution is 6.34. The second kappa shape index (κ2) is 19.3. The standard InChI is InChI=1S/C19H16O2.3C18H16O2/c1-3-11-8-10(2)16-14(11)9-15-17(16)19(21)13-7-5-4-6-12(13)18(15)20;3*1-3-10-7-9(2)15-13(10)8-14-16(15)18(20)12-6-4-5-11(12)17(14)19/h4-7H,3,8-9H2,1-2H3;5-6H,3-4,7-8H2,1-2H3;4,6H,3,5,7-8H2,1-2H3;4-5H,3,6-8H2,1-2H3. The zero-order valence-corrected chi connectivity index (χ0v) is 47.6. The Hall–Kier alpha value is -8.10. The first kappa shape index (κ1) is 52.3. The van der Waals surface area contributed by atoms with Gasteiger partial charge < -0.3 is 0 Å². The van der Waals surface area contributed by atoms with E-state index in [4.69, 9.17) is 0 Å². The zero-order chi connectivity index (χ0) is 56.8. The minimum Gasteiger partial charge on any atom is -0.289 e. The first-order chi connectivity index (χ1) is 39.0. The molecule has 0 unspecified atom stereocenters. The highest BCUT2D eigenvalue weighted by atomic mass is 16.2. The monoisotopic (exact) mass is 1070 g/mol. The molecule has 0 aromatic heterocycles. The van der Waals surface area contributed by atoms with E-state index >= 15 is 0 Å². The quantitative estimate of drug-likeness (QED) is 0.272. The van der Waals surface area contributed by atoms with Crippen molar-refractivity contribution in [2.75, 3.05) is 0 Å². The molecule has 8 heteroatoms. The van der Waals surface area contributed by atoms with Crippen LogP contribution in [0.25, 0.3) is 0 Å². The van der Waals surface area contributed by atoms with Gasteiger partial charge in [-0.15, -0.1) is 0 Å². The van der Waals surface area contributed by atoms with E-state index in [0.29, 0.717) is 101 Å². The van der Waals surface area contributed by atoms with Crippen molar-refractivity contribution in [2.45, 2.75) is 152 Å². The maximum atomic E-state index is 12.9. The first-order valence-electron chi connectivity index (χ1n) is 29.3. The van der Waals surface area contributed by atoms with Crippen LogP contribution in [0, 0.1) is 0 Å². The Kier molecular flexibility index (Phi) is 12.4. The summed E-state index contributed by atoms with van der Waals surface area (Å²) in [5, 5.41) is 0. The van der Waals surface area contributed by atoms with Crippen LogP contribution in [0.4, 0.5) is 0 Å². The molecule has 81 heavy (non-hydrogen) atoms. The number of allylic oxidation sites excluding steroid dienone is 36. The number of rotatable bonds is 4. The number of fused-ring (bicyclic) bond motifs is 10. The molecule has 404 valence electrons. The summed E-state index contributed by atoms with van der Waals surface area (Å²) in [5.41, 5.74) is 31.0. The van der Waals surface area contributed by atoms with E-state index in [1.807, 2.05) is 48.6 Å². The van der Waals surface area contributed by atoms with E-state index in [0.717, 1.165) is 107 Å². The van der Waals surface area contributed by atoms with Crippen LogP contribution in [-0.4, -0.2) is 46.3 Å². The highest BCUT2D eigenvalue weighted by Gasteiger charge is 2.48. The summed E-state index contributed by atoms with van der Waals surface area (Å²) in [6.45, 7) is 17.0.